The van der Waals surface area contributed by atoms with Gasteiger partial charge >= 0.3 is 11.8 Å². The van der Waals surface area contributed by atoms with Crippen LogP contribution >= 0.6 is 0 Å². The third-order valence-corrected chi connectivity index (χ3v) is 2.44. The maximum absolute atomic E-state index is 11.6. The summed E-state index contributed by atoms with van der Waals surface area (Å²) in [5, 5.41) is 5.03. The van der Waals surface area contributed by atoms with Gasteiger partial charge in [0.1, 0.15) is 5.75 Å². The molecule has 0 heterocycles. The van der Waals surface area contributed by atoms with Gasteiger partial charge in [0, 0.05) is 25.9 Å². The predicted octanol–water partition coefficient (Wildman–Crippen LogP) is 1.18. The molecule has 0 spiro atoms. The van der Waals surface area contributed by atoms with E-state index in [0.29, 0.717) is 31.9 Å². The Hall–Kier alpha value is -2.08. The van der Waals surface area contributed by atoms with Gasteiger partial charge in [0.05, 0.1) is 6.61 Å². The third kappa shape index (κ3) is 5.71. The Morgan fingerprint density at radius 1 is 1.15 bits per heavy atom. The van der Waals surface area contributed by atoms with Crippen LogP contribution < -0.4 is 15.4 Å². The van der Waals surface area contributed by atoms with E-state index in [1.54, 1.807) is 31.4 Å². The van der Waals surface area contributed by atoms with E-state index in [9.17, 15) is 9.59 Å². The van der Waals surface area contributed by atoms with Crippen LogP contribution in [0, 0.1) is 0 Å². The molecule has 6 nitrogen and oxygen atoms in total. The first-order valence-corrected chi connectivity index (χ1v) is 6.48. The molecule has 0 aromatic heterocycles. The van der Waals surface area contributed by atoms with Gasteiger partial charge in [-0.25, -0.2) is 0 Å². The predicted molar refractivity (Wildman–Crippen MR) is 75.7 cm³/mol. The zero-order valence-electron chi connectivity index (χ0n) is 11.8. The van der Waals surface area contributed by atoms with Crippen molar-refractivity contribution in [2.24, 2.45) is 0 Å². The molecule has 1 rings (SSSR count). The van der Waals surface area contributed by atoms with E-state index >= 15 is 0 Å². The molecule has 1 aromatic carbocycles. The summed E-state index contributed by atoms with van der Waals surface area (Å²) in [6, 6.07) is 6.83. The molecular weight excluding hydrogens is 260 g/mol. The summed E-state index contributed by atoms with van der Waals surface area (Å²) in [7, 11) is 1.58. The van der Waals surface area contributed by atoms with E-state index in [4.69, 9.17) is 9.47 Å². The number of hydrogen-bond donors (Lipinski definition) is 2. The first-order chi connectivity index (χ1) is 9.67. The van der Waals surface area contributed by atoms with Crippen molar-refractivity contribution in [3.05, 3.63) is 24.3 Å². The minimum Gasteiger partial charge on any atom is -0.494 e. The lowest BCUT2D eigenvalue weighted by atomic mass is 10.3. The van der Waals surface area contributed by atoms with E-state index in [0.717, 1.165) is 5.75 Å². The van der Waals surface area contributed by atoms with E-state index < -0.39 is 11.8 Å². The van der Waals surface area contributed by atoms with Crippen molar-refractivity contribution in [1.82, 2.24) is 5.32 Å². The lowest BCUT2D eigenvalue weighted by Gasteiger charge is -2.07. The largest absolute Gasteiger partial charge is 0.494 e. The lowest BCUT2D eigenvalue weighted by Crippen LogP contribution is -2.36. The Morgan fingerprint density at radius 2 is 1.85 bits per heavy atom. The summed E-state index contributed by atoms with van der Waals surface area (Å²) in [6.07, 6.45) is 0.665. The van der Waals surface area contributed by atoms with E-state index in [1.165, 1.54) is 0 Å². The Balaban J connectivity index is 2.38. The number of anilines is 1. The van der Waals surface area contributed by atoms with Crippen LogP contribution in [0.1, 0.15) is 13.3 Å². The van der Waals surface area contributed by atoms with Crippen LogP contribution in [0.15, 0.2) is 24.3 Å². The molecule has 0 fully saturated rings. The highest BCUT2D eigenvalue weighted by Gasteiger charge is 2.12. The maximum Gasteiger partial charge on any atom is 0.313 e. The van der Waals surface area contributed by atoms with Gasteiger partial charge in [-0.3, -0.25) is 9.59 Å². The van der Waals surface area contributed by atoms with Crippen molar-refractivity contribution in [2.45, 2.75) is 13.3 Å². The standard InChI is InChI=1S/C14H20N2O4/c1-3-20-12-7-5-11(6-8-12)16-14(18)13(17)15-9-4-10-19-2/h5-8H,3-4,9-10H2,1-2H3,(H,15,17)(H,16,18). The van der Waals surface area contributed by atoms with Gasteiger partial charge in [-0.05, 0) is 37.6 Å². The molecular formula is C14H20N2O4. The summed E-state index contributed by atoms with van der Waals surface area (Å²) in [5.41, 5.74) is 0.547. The second-order valence-electron chi connectivity index (χ2n) is 4.01. The number of hydrogen-bond acceptors (Lipinski definition) is 4. The Morgan fingerprint density at radius 3 is 2.45 bits per heavy atom. The molecule has 0 unspecified atom stereocenters. The smallest absolute Gasteiger partial charge is 0.313 e. The van der Waals surface area contributed by atoms with Crippen LogP contribution in [0.25, 0.3) is 0 Å². The molecule has 20 heavy (non-hydrogen) atoms. The molecule has 0 bridgehead atoms. The van der Waals surface area contributed by atoms with Crippen LogP contribution in [0.3, 0.4) is 0 Å². The van der Waals surface area contributed by atoms with E-state index in [1.807, 2.05) is 6.92 Å². The van der Waals surface area contributed by atoms with Crippen molar-refractivity contribution >= 4 is 17.5 Å². The molecule has 0 aliphatic rings. The zero-order valence-corrected chi connectivity index (χ0v) is 11.8. The van der Waals surface area contributed by atoms with Crippen LogP contribution in [0.4, 0.5) is 5.69 Å². The molecule has 0 aliphatic carbocycles. The fourth-order valence-electron chi connectivity index (χ4n) is 1.49. The van der Waals surface area contributed by atoms with Crippen molar-refractivity contribution in [3.8, 4) is 5.75 Å². The number of amides is 2. The number of carbonyl (C=O) groups is 2. The number of rotatable bonds is 7. The molecule has 1 aromatic rings. The van der Waals surface area contributed by atoms with Crippen molar-refractivity contribution in [3.63, 3.8) is 0 Å². The van der Waals surface area contributed by atoms with E-state index in [-0.39, 0.29) is 0 Å². The summed E-state index contributed by atoms with van der Waals surface area (Å²) >= 11 is 0. The van der Waals surface area contributed by atoms with Gasteiger partial charge in [-0.2, -0.15) is 0 Å². The third-order valence-electron chi connectivity index (χ3n) is 2.44. The van der Waals surface area contributed by atoms with Gasteiger partial charge in [0.15, 0.2) is 0 Å². The highest BCUT2D eigenvalue weighted by atomic mass is 16.5. The second-order valence-corrected chi connectivity index (χ2v) is 4.01. The minimum absolute atomic E-state index is 0.406. The van der Waals surface area contributed by atoms with Crippen molar-refractivity contribution < 1.29 is 19.1 Å². The van der Waals surface area contributed by atoms with Gasteiger partial charge in [0.25, 0.3) is 0 Å². The maximum atomic E-state index is 11.6. The van der Waals surface area contributed by atoms with Crippen LogP contribution in [-0.2, 0) is 14.3 Å². The number of methoxy groups -OCH3 is 1. The van der Waals surface area contributed by atoms with Gasteiger partial charge in [-0.1, -0.05) is 0 Å². The van der Waals surface area contributed by atoms with Crippen LogP contribution in [0.5, 0.6) is 5.75 Å². The molecule has 0 atom stereocenters. The summed E-state index contributed by atoms with van der Waals surface area (Å²) < 4.78 is 10.1. The average molecular weight is 280 g/mol. The SMILES string of the molecule is CCOc1ccc(NC(=O)C(=O)NCCCOC)cc1. The molecule has 2 N–H and O–H groups in total. The molecule has 6 heteroatoms. The zero-order chi connectivity index (χ0) is 14.8. The Kier molecular flexibility index (Phi) is 7.13. The van der Waals surface area contributed by atoms with Crippen LogP contribution in [-0.4, -0.2) is 38.7 Å². The molecule has 110 valence electrons. The highest BCUT2D eigenvalue weighted by Crippen LogP contribution is 2.15. The summed E-state index contributed by atoms with van der Waals surface area (Å²) in [5.74, 6) is -0.629. The second kappa shape index (κ2) is 8.92. The van der Waals surface area contributed by atoms with E-state index in [2.05, 4.69) is 10.6 Å². The molecule has 0 saturated carbocycles. The van der Waals surface area contributed by atoms with Crippen molar-refractivity contribution in [2.75, 3.05) is 32.2 Å². The molecule has 0 saturated heterocycles. The quantitative estimate of drug-likeness (QED) is 0.581. The molecule has 0 radical (unpaired) electrons. The molecule has 2 amide bonds. The number of nitrogens with one attached hydrogen (secondary N) is 2. The number of ether oxygens (including phenoxy) is 2. The first kappa shape index (κ1) is 16.0. The topological polar surface area (TPSA) is 76.7 Å². The van der Waals surface area contributed by atoms with Gasteiger partial charge in [-0.15, -0.1) is 0 Å². The highest BCUT2D eigenvalue weighted by molar-refractivity contribution is 6.39. The summed E-state index contributed by atoms with van der Waals surface area (Å²) in [6.45, 7) is 3.42. The number of benzene rings is 1. The van der Waals surface area contributed by atoms with Gasteiger partial charge < -0.3 is 20.1 Å². The monoisotopic (exact) mass is 280 g/mol. The lowest BCUT2D eigenvalue weighted by molar-refractivity contribution is -0.136. The molecule has 0 aliphatic heterocycles. The minimum atomic E-state index is -0.688. The van der Waals surface area contributed by atoms with Crippen LogP contribution in [0.2, 0.25) is 0 Å². The Bertz CT molecular complexity index is 431. The fraction of sp³-hybridized carbons (Fsp3) is 0.429. The Labute approximate surface area is 118 Å². The van der Waals surface area contributed by atoms with Crippen molar-refractivity contribution in [1.29, 1.82) is 0 Å². The number of carbonyl (C=O) groups excluding carboxylic acids is 2. The average Bonchev–Trinajstić information content (AvgIpc) is 2.45. The summed E-state index contributed by atoms with van der Waals surface area (Å²) in [4.78, 5) is 23.1. The fourth-order valence-corrected chi connectivity index (χ4v) is 1.49. The first-order valence-electron chi connectivity index (χ1n) is 6.48. The van der Waals surface area contributed by atoms with Gasteiger partial charge in [0.2, 0.25) is 0 Å². The normalized spacial score (nSPS) is 9.90.